The first-order valence-electron chi connectivity index (χ1n) is 12.3. The number of amides is 1. The number of hydrogen-bond donors (Lipinski definition) is 1. The summed E-state index contributed by atoms with van der Waals surface area (Å²) in [6.07, 6.45) is -13.2. The molecule has 1 amide bonds. The van der Waals surface area contributed by atoms with Crippen molar-refractivity contribution >= 4 is 21.7 Å². The van der Waals surface area contributed by atoms with Crippen LogP contribution in [0.4, 0.5) is 35.1 Å². The molecule has 1 heterocycles. The molecule has 1 saturated carbocycles. The minimum atomic E-state index is -6.37. The Labute approximate surface area is 228 Å². The Morgan fingerprint density at radius 1 is 0.805 bits per heavy atom. The molecule has 0 radical (unpaired) electrons. The van der Waals surface area contributed by atoms with Crippen molar-refractivity contribution in [2.24, 2.45) is 11.8 Å². The predicted molar refractivity (Wildman–Crippen MR) is 126 cm³/mol. The normalized spacial score (nSPS) is 22.7. The van der Waals surface area contributed by atoms with E-state index < -0.39 is 85.4 Å². The van der Waals surface area contributed by atoms with Crippen molar-refractivity contribution in [2.45, 2.75) is 53.3 Å². The molecule has 41 heavy (non-hydrogen) atoms. The van der Waals surface area contributed by atoms with Gasteiger partial charge in [0, 0.05) is 24.6 Å². The molecule has 2 aromatic rings. The Morgan fingerprint density at radius 2 is 1.29 bits per heavy atom. The minimum Gasteiger partial charge on any atom is -0.481 e. The van der Waals surface area contributed by atoms with Crippen molar-refractivity contribution in [3.05, 3.63) is 65.5 Å². The van der Waals surface area contributed by atoms with E-state index in [1.807, 2.05) is 0 Å². The number of piperidine rings is 1. The van der Waals surface area contributed by atoms with Crippen molar-refractivity contribution < 1.29 is 58.2 Å². The topological polar surface area (TPSA) is 91.8 Å². The van der Waals surface area contributed by atoms with Gasteiger partial charge in [-0.2, -0.15) is 26.3 Å². The highest BCUT2D eigenvalue weighted by Gasteiger charge is 2.73. The molecule has 0 atom stereocenters. The number of hydrogen-bond acceptors (Lipinski definition) is 4. The number of carbonyl (C=O) groups excluding carboxylic acids is 1. The number of halogens is 8. The van der Waals surface area contributed by atoms with Crippen LogP contribution in [0, 0.1) is 17.7 Å². The summed E-state index contributed by atoms with van der Waals surface area (Å²) >= 11 is 0. The maximum atomic E-state index is 14.6. The second-order valence-electron chi connectivity index (χ2n) is 10.2. The van der Waals surface area contributed by atoms with E-state index in [0.29, 0.717) is 12.1 Å². The highest BCUT2D eigenvalue weighted by molar-refractivity contribution is 7.92. The Hall–Kier alpha value is -3.23. The number of likely N-dealkylation sites (tertiary alicyclic amines) is 1. The fraction of sp³-hybridized carbons (Fsp3) is 0.462. The molecule has 1 N–H and O–H groups in total. The van der Waals surface area contributed by atoms with Crippen molar-refractivity contribution in [3.8, 4) is 0 Å². The van der Waals surface area contributed by atoms with Crippen molar-refractivity contribution in [3.63, 3.8) is 0 Å². The van der Waals surface area contributed by atoms with Crippen LogP contribution in [0.1, 0.15) is 36.8 Å². The lowest BCUT2D eigenvalue weighted by Gasteiger charge is -2.48. The van der Waals surface area contributed by atoms with Gasteiger partial charge in [-0.3, -0.25) is 9.59 Å². The zero-order chi connectivity index (χ0) is 30.6. The van der Waals surface area contributed by atoms with E-state index in [2.05, 4.69) is 0 Å². The second-order valence-corrected chi connectivity index (χ2v) is 12.5. The first kappa shape index (κ1) is 30.7. The molecule has 0 aromatic heterocycles. The number of carboxylic acid groups (broad SMARTS) is 1. The summed E-state index contributed by atoms with van der Waals surface area (Å²) in [4.78, 5) is 25.3. The summed E-state index contributed by atoms with van der Waals surface area (Å²) in [5, 5.41) is 9.16. The molecular weight excluding hydrogens is 590 g/mol. The van der Waals surface area contributed by atoms with Gasteiger partial charge in [0.25, 0.3) is 0 Å². The predicted octanol–water partition coefficient (Wildman–Crippen LogP) is 5.52. The van der Waals surface area contributed by atoms with Crippen LogP contribution in [0.5, 0.6) is 0 Å². The summed E-state index contributed by atoms with van der Waals surface area (Å²) < 4.78 is 133. The van der Waals surface area contributed by atoms with Crippen LogP contribution in [-0.4, -0.2) is 55.7 Å². The monoisotopic (exact) mass is 613 g/mol. The number of benzene rings is 2. The summed E-state index contributed by atoms with van der Waals surface area (Å²) in [5.41, 5.74) is -7.79. The van der Waals surface area contributed by atoms with Crippen LogP contribution in [0.2, 0.25) is 0 Å². The number of rotatable bonds is 6. The molecule has 0 bridgehead atoms. The molecule has 2 aliphatic rings. The lowest BCUT2D eigenvalue weighted by atomic mass is 9.69. The average Bonchev–Trinajstić information content (AvgIpc) is 2.86. The van der Waals surface area contributed by atoms with E-state index in [9.17, 15) is 53.1 Å². The number of nitrogens with zero attached hydrogens (tertiary/aromatic N) is 1. The zero-order valence-electron chi connectivity index (χ0n) is 21.0. The zero-order valence-corrected chi connectivity index (χ0v) is 21.8. The van der Waals surface area contributed by atoms with Gasteiger partial charge in [-0.25, -0.2) is 17.2 Å². The highest BCUT2D eigenvalue weighted by atomic mass is 32.2. The molecule has 0 spiro atoms. The minimum absolute atomic E-state index is 0.103. The average molecular weight is 614 g/mol. The molecule has 0 unspecified atom stereocenters. The van der Waals surface area contributed by atoms with Gasteiger partial charge in [-0.05, 0) is 55.5 Å². The standard InChI is InChI=1S/C26H23F8NO5S/c27-19-5-7-20(8-6-19)41(39,40)23(13-16(14-23)21(36)35-11-9-15(10-12-35)22(37)38)17-1-3-18(4-2-17)24(28,25(29,30)31)26(32,33)34/h1-8,15-16H,9-14H2,(H,37,38)/t16-,23+. The summed E-state index contributed by atoms with van der Waals surface area (Å²) in [6.45, 7) is 0.207. The van der Waals surface area contributed by atoms with Gasteiger partial charge in [0.1, 0.15) is 10.6 Å². The lowest BCUT2D eigenvalue weighted by molar-refractivity contribution is -0.348. The van der Waals surface area contributed by atoms with E-state index >= 15 is 0 Å². The maximum Gasteiger partial charge on any atom is 0.435 e. The molecule has 2 fully saturated rings. The molecule has 2 aromatic carbocycles. The second kappa shape index (κ2) is 10.2. The van der Waals surface area contributed by atoms with Crippen LogP contribution < -0.4 is 0 Å². The van der Waals surface area contributed by atoms with Gasteiger partial charge in [0.05, 0.1) is 10.8 Å². The van der Waals surface area contributed by atoms with Gasteiger partial charge >= 0.3 is 24.0 Å². The molecule has 224 valence electrons. The van der Waals surface area contributed by atoms with Gasteiger partial charge in [0.2, 0.25) is 5.91 Å². The van der Waals surface area contributed by atoms with Gasteiger partial charge < -0.3 is 10.0 Å². The Morgan fingerprint density at radius 3 is 1.73 bits per heavy atom. The molecule has 15 heteroatoms. The van der Waals surface area contributed by atoms with E-state index in [1.54, 1.807) is 0 Å². The van der Waals surface area contributed by atoms with Crippen LogP contribution in [0.15, 0.2) is 53.4 Å². The van der Waals surface area contributed by atoms with Crippen LogP contribution in [-0.2, 0) is 29.8 Å². The van der Waals surface area contributed by atoms with E-state index in [4.69, 9.17) is 5.11 Å². The first-order valence-corrected chi connectivity index (χ1v) is 13.8. The molecular formula is C26H23F8NO5S. The van der Waals surface area contributed by atoms with Crippen LogP contribution in [0.3, 0.4) is 0 Å². The highest BCUT2D eigenvalue weighted by Crippen LogP contribution is 2.56. The van der Waals surface area contributed by atoms with Crippen LogP contribution in [0.25, 0.3) is 0 Å². The van der Waals surface area contributed by atoms with E-state index in [1.165, 1.54) is 4.90 Å². The van der Waals surface area contributed by atoms with E-state index in [0.717, 1.165) is 24.3 Å². The number of carboxylic acids is 1. The van der Waals surface area contributed by atoms with Gasteiger partial charge in [-0.1, -0.05) is 24.3 Å². The quantitative estimate of drug-likeness (QED) is 0.343. The van der Waals surface area contributed by atoms with Crippen molar-refractivity contribution in [2.75, 3.05) is 13.1 Å². The summed E-state index contributed by atoms with van der Waals surface area (Å²) in [7, 11) is -4.51. The SMILES string of the molecule is O=C(O)C1CCN(C(=O)[C@H]2C[C@@](c3ccc(C(F)(C(F)(F)F)C(F)(F)F)cc3)(S(=O)(=O)c3ccc(F)cc3)C2)CC1. The molecule has 6 nitrogen and oxygen atoms in total. The molecule has 1 aliphatic heterocycles. The van der Waals surface area contributed by atoms with E-state index in [-0.39, 0.29) is 43.6 Å². The van der Waals surface area contributed by atoms with Gasteiger partial charge in [0.15, 0.2) is 9.84 Å². The Kier molecular flexibility index (Phi) is 7.68. The molecule has 1 saturated heterocycles. The smallest absolute Gasteiger partial charge is 0.435 e. The van der Waals surface area contributed by atoms with Crippen molar-refractivity contribution in [1.82, 2.24) is 4.90 Å². The van der Waals surface area contributed by atoms with Crippen molar-refractivity contribution in [1.29, 1.82) is 0 Å². The lowest BCUT2D eigenvalue weighted by Crippen LogP contribution is -2.54. The Bertz CT molecular complexity index is 1390. The fourth-order valence-electron chi connectivity index (χ4n) is 5.46. The Balaban J connectivity index is 1.70. The first-order chi connectivity index (χ1) is 18.8. The maximum absolute atomic E-state index is 14.6. The number of alkyl halides is 7. The third-order valence-corrected chi connectivity index (χ3v) is 10.4. The number of carbonyl (C=O) groups is 2. The van der Waals surface area contributed by atoms with Gasteiger partial charge in [-0.15, -0.1) is 0 Å². The number of aliphatic carboxylic acids is 1. The third kappa shape index (κ3) is 5.06. The fourth-order valence-corrected chi connectivity index (χ4v) is 7.69. The largest absolute Gasteiger partial charge is 0.481 e. The number of sulfone groups is 1. The molecule has 1 aliphatic carbocycles. The summed E-state index contributed by atoms with van der Waals surface area (Å²) in [5.74, 6) is -3.83. The summed E-state index contributed by atoms with van der Waals surface area (Å²) in [6, 6.07) is 5.30. The molecule has 4 rings (SSSR count). The van der Waals surface area contributed by atoms with Crippen LogP contribution >= 0.6 is 0 Å². The third-order valence-electron chi connectivity index (χ3n) is 7.89.